The van der Waals surface area contributed by atoms with Crippen LogP contribution in [0.5, 0.6) is 5.88 Å². The molecule has 0 fully saturated rings. The Bertz CT molecular complexity index is 450. The number of amides is 2. The first-order valence-electron chi connectivity index (χ1n) is 5.86. The average Bonchev–Trinajstić information content (AvgIpc) is 2.32. The van der Waals surface area contributed by atoms with Crippen molar-refractivity contribution in [3.05, 3.63) is 23.9 Å². The van der Waals surface area contributed by atoms with Gasteiger partial charge in [0.25, 0.3) is 0 Å². The molecule has 0 aromatic carbocycles. The van der Waals surface area contributed by atoms with Gasteiger partial charge in [-0.05, 0) is 25.5 Å². The lowest BCUT2D eigenvalue weighted by atomic mass is 10.2. The fourth-order valence-electron chi connectivity index (χ4n) is 1.25. The summed E-state index contributed by atoms with van der Waals surface area (Å²) in [6.45, 7) is -0.329. The lowest BCUT2D eigenvalue weighted by Gasteiger charge is -2.15. The zero-order chi connectivity index (χ0) is 15.2. The highest BCUT2D eigenvalue weighted by Crippen LogP contribution is 2.12. The van der Waals surface area contributed by atoms with Gasteiger partial charge in [-0.25, -0.2) is 14.2 Å². The van der Waals surface area contributed by atoms with Crippen LogP contribution in [0.15, 0.2) is 18.3 Å². The van der Waals surface area contributed by atoms with Crippen LogP contribution in [0, 0.1) is 0 Å². The van der Waals surface area contributed by atoms with E-state index < -0.39 is 18.3 Å². The molecule has 112 valence electrons. The van der Waals surface area contributed by atoms with E-state index in [1.54, 1.807) is 0 Å². The van der Waals surface area contributed by atoms with E-state index >= 15 is 0 Å². The van der Waals surface area contributed by atoms with E-state index in [9.17, 15) is 18.0 Å². The molecule has 0 bridgehead atoms. The van der Waals surface area contributed by atoms with Crippen molar-refractivity contribution in [2.45, 2.75) is 32.7 Å². The average molecular weight is 291 g/mol. The van der Waals surface area contributed by atoms with Crippen LogP contribution in [0.3, 0.4) is 0 Å². The minimum absolute atomic E-state index is 0.0840. The van der Waals surface area contributed by atoms with Gasteiger partial charge < -0.3 is 15.4 Å². The summed E-state index contributed by atoms with van der Waals surface area (Å²) in [5.41, 5.74) is -0.975. The van der Waals surface area contributed by atoms with Gasteiger partial charge in [-0.2, -0.15) is 8.78 Å². The Morgan fingerprint density at radius 3 is 2.75 bits per heavy atom. The predicted molar refractivity (Wildman–Crippen MR) is 66.3 cm³/mol. The predicted octanol–water partition coefficient (Wildman–Crippen LogP) is 2.23. The minimum Gasteiger partial charge on any atom is -0.417 e. The Hall–Kier alpha value is -1.99. The number of nitrogens with one attached hydrogen (secondary N) is 2. The molecule has 0 unspecified atom stereocenters. The highest BCUT2D eigenvalue weighted by atomic mass is 19.3. The van der Waals surface area contributed by atoms with Crippen LogP contribution in [0.2, 0.25) is 0 Å². The van der Waals surface area contributed by atoms with Gasteiger partial charge in [-0.1, -0.05) is 0 Å². The van der Waals surface area contributed by atoms with E-state index in [1.807, 2.05) is 0 Å². The quantitative estimate of drug-likeness (QED) is 0.845. The van der Waals surface area contributed by atoms with Gasteiger partial charge in [0.15, 0.2) is 0 Å². The standard InChI is InChI=1S/C12H16F3N3O2/c1-12(2,15)7-18-11(19)17-6-8-3-4-16-9(5-8)20-10(13)14/h3-5,10H,6-7H2,1-2H3,(H2,17,18,19). The molecule has 1 aromatic heterocycles. The largest absolute Gasteiger partial charge is 0.417 e. The van der Waals surface area contributed by atoms with Gasteiger partial charge in [0.1, 0.15) is 5.67 Å². The summed E-state index contributed by atoms with van der Waals surface area (Å²) in [6.07, 6.45) is 1.29. The Morgan fingerprint density at radius 1 is 1.45 bits per heavy atom. The second kappa shape index (κ2) is 6.97. The number of aromatic nitrogens is 1. The first-order valence-corrected chi connectivity index (χ1v) is 5.86. The Balaban J connectivity index is 2.43. The van der Waals surface area contributed by atoms with Crippen molar-refractivity contribution in [1.29, 1.82) is 0 Å². The number of carbonyl (C=O) groups is 1. The van der Waals surface area contributed by atoms with Crippen LogP contribution < -0.4 is 15.4 Å². The third-order valence-corrected chi connectivity index (χ3v) is 2.13. The van der Waals surface area contributed by atoms with Gasteiger partial charge in [-0.3, -0.25) is 0 Å². The maximum Gasteiger partial charge on any atom is 0.388 e. The molecule has 1 aromatic rings. The molecule has 0 aliphatic rings. The van der Waals surface area contributed by atoms with E-state index in [1.165, 1.54) is 32.2 Å². The SMILES string of the molecule is CC(C)(F)CNC(=O)NCc1ccnc(OC(F)F)c1. The molecule has 0 spiro atoms. The number of hydrogen-bond acceptors (Lipinski definition) is 3. The summed E-state index contributed by atoms with van der Waals surface area (Å²) < 4.78 is 41.3. The molecular weight excluding hydrogens is 275 g/mol. The van der Waals surface area contributed by atoms with Crippen molar-refractivity contribution in [2.24, 2.45) is 0 Å². The molecule has 0 aliphatic heterocycles. The van der Waals surface area contributed by atoms with E-state index in [-0.39, 0.29) is 19.0 Å². The Morgan fingerprint density at radius 2 is 2.15 bits per heavy atom. The third kappa shape index (κ3) is 6.81. The first kappa shape index (κ1) is 16.1. The molecule has 0 aliphatic carbocycles. The van der Waals surface area contributed by atoms with Crippen LogP contribution in [0.4, 0.5) is 18.0 Å². The van der Waals surface area contributed by atoms with E-state index in [4.69, 9.17) is 0 Å². The van der Waals surface area contributed by atoms with E-state index in [0.717, 1.165) is 0 Å². The second-order valence-corrected chi connectivity index (χ2v) is 4.64. The number of alkyl halides is 3. The highest BCUT2D eigenvalue weighted by molar-refractivity contribution is 5.73. The number of hydrogen-bond donors (Lipinski definition) is 2. The van der Waals surface area contributed by atoms with Crippen molar-refractivity contribution >= 4 is 6.03 Å². The summed E-state index contributed by atoms with van der Waals surface area (Å²) in [5, 5.41) is 4.81. The van der Waals surface area contributed by atoms with Crippen molar-refractivity contribution in [3.8, 4) is 5.88 Å². The number of pyridine rings is 1. The minimum atomic E-state index is -2.96. The second-order valence-electron chi connectivity index (χ2n) is 4.64. The van der Waals surface area contributed by atoms with Crippen molar-refractivity contribution in [3.63, 3.8) is 0 Å². The van der Waals surface area contributed by atoms with Gasteiger partial charge in [-0.15, -0.1) is 0 Å². The molecule has 0 atom stereocenters. The molecule has 8 heteroatoms. The maximum atomic E-state index is 13.1. The number of ether oxygens (including phenoxy) is 1. The monoisotopic (exact) mass is 291 g/mol. The number of rotatable bonds is 6. The molecule has 1 rings (SSSR count). The zero-order valence-corrected chi connectivity index (χ0v) is 11.1. The van der Waals surface area contributed by atoms with Gasteiger partial charge in [0.05, 0.1) is 6.54 Å². The van der Waals surface area contributed by atoms with Crippen LogP contribution >= 0.6 is 0 Å². The van der Waals surface area contributed by atoms with Crippen molar-refractivity contribution < 1.29 is 22.7 Å². The summed E-state index contributed by atoms with van der Waals surface area (Å²) >= 11 is 0. The van der Waals surface area contributed by atoms with Crippen LogP contribution in [-0.2, 0) is 6.54 Å². The first-order chi connectivity index (χ1) is 9.26. The lowest BCUT2D eigenvalue weighted by Crippen LogP contribution is -2.41. The van der Waals surface area contributed by atoms with E-state index in [2.05, 4.69) is 20.4 Å². The number of urea groups is 1. The summed E-state index contributed by atoms with van der Waals surface area (Å²) in [7, 11) is 0. The topological polar surface area (TPSA) is 63.2 Å². The molecular formula is C12H16F3N3O2. The summed E-state index contributed by atoms with van der Waals surface area (Å²) in [5.74, 6) is -0.232. The van der Waals surface area contributed by atoms with Gasteiger partial charge >= 0.3 is 12.6 Å². The number of halogens is 3. The maximum absolute atomic E-state index is 13.1. The smallest absolute Gasteiger partial charge is 0.388 e. The molecule has 20 heavy (non-hydrogen) atoms. The molecule has 0 saturated carbocycles. The lowest BCUT2D eigenvalue weighted by molar-refractivity contribution is -0.0529. The number of nitrogens with zero attached hydrogens (tertiary/aromatic N) is 1. The summed E-state index contributed by atoms with van der Waals surface area (Å²) in [4.78, 5) is 15.0. The molecule has 2 amide bonds. The van der Waals surface area contributed by atoms with Gasteiger partial charge in [0.2, 0.25) is 5.88 Å². The number of carbonyl (C=O) groups excluding carboxylic acids is 1. The third-order valence-electron chi connectivity index (χ3n) is 2.13. The summed E-state index contributed by atoms with van der Waals surface area (Å²) in [6, 6.07) is 2.27. The van der Waals surface area contributed by atoms with Crippen LogP contribution in [-0.4, -0.2) is 29.8 Å². The Labute approximate surface area is 114 Å². The van der Waals surface area contributed by atoms with Crippen molar-refractivity contribution in [2.75, 3.05) is 6.54 Å². The fourth-order valence-corrected chi connectivity index (χ4v) is 1.25. The van der Waals surface area contributed by atoms with Crippen LogP contribution in [0.1, 0.15) is 19.4 Å². The van der Waals surface area contributed by atoms with Crippen LogP contribution in [0.25, 0.3) is 0 Å². The van der Waals surface area contributed by atoms with Crippen molar-refractivity contribution in [1.82, 2.24) is 15.6 Å². The molecule has 0 saturated heterocycles. The highest BCUT2D eigenvalue weighted by Gasteiger charge is 2.16. The fraction of sp³-hybridized carbons (Fsp3) is 0.500. The Kier molecular flexibility index (Phi) is 5.60. The van der Waals surface area contributed by atoms with Gasteiger partial charge in [0, 0.05) is 18.8 Å². The normalized spacial score (nSPS) is 11.3. The molecule has 1 heterocycles. The van der Waals surface area contributed by atoms with E-state index in [0.29, 0.717) is 5.56 Å². The molecule has 5 nitrogen and oxygen atoms in total. The molecule has 2 N–H and O–H groups in total. The molecule has 0 radical (unpaired) electrons. The zero-order valence-electron chi connectivity index (χ0n) is 11.1.